The molecule has 1 aromatic carbocycles. The number of ether oxygens (including phenoxy) is 6. The lowest BCUT2D eigenvalue weighted by Crippen LogP contribution is -2.62. The number of aromatic nitrogens is 7. The van der Waals surface area contributed by atoms with Crippen LogP contribution in [0.3, 0.4) is 0 Å². The number of likely N-dealkylation sites (N-methyl/N-ethyl adjacent to an activating group) is 1. The van der Waals surface area contributed by atoms with Crippen LogP contribution in [0.15, 0.2) is 69.2 Å². The van der Waals surface area contributed by atoms with Gasteiger partial charge < -0.3 is 80.4 Å². The number of hydrogen-bond acceptors (Lipinski definition) is 30. The summed E-state index contributed by atoms with van der Waals surface area (Å²) >= 11 is 4.52. The Labute approximate surface area is 575 Å². The third-order valence-electron chi connectivity index (χ3n) is 16.4. The number of aliphatic hydroxyl groups is 2. The van der Waals surface area contributed by atoms with Crippen molar-refractivity contribution in [1.82, 2.24) is 66.1 Å². The van der Waals surface area contributed by atoms with Gasteiger partial charge in [0, 0.05) is 56.8 Å². The number of nitrogens with zero attached hydrogens (tertiary/aromatic N) is 8. The maximum atomic E-state index is 15.2. The van der Waals surface area contributed by atoms with Crippen LogP contribution in [0.1, 0.15) is 132 Å². The summed E-state index contributed by atoms with van der Waals surface area (Å²) in [6.07, 6.45) is -7.54. The number of nitrogens with one attached hydrogen (secondary N) is 5. The highest BCUT2D eigenvalue weighted by molar-refractivity contribution is 7.14. The Hall–Kier alpha value is -9.34. The summed E-state index contributed by atoms with van der Waals surface area (Å²) in [6, 6.07) is 0.678. The fourth-order valence-electron chi connectivity index (χ4n) is 11.8. The summed E-state index contributed by atoms with van der Waals surface area (Å²) in [5.41, 5.74) is -2.90. The van der Waals surface area contributed by atoms with Gasteiger partial charge in [0.2, 0.25) is 5.91 Å². The molecule has 7 aromatic heterocycles. The number of esters is 2. The van der Waals surface area contributed by atoms with Crippen molar-refractivity contribution in [2.75, 3.05) is 27.8 Å². The van der Waals surface area contributed by atoms with Crippen LogP contribution in [-0.4, -0.2) is 184 Å². The smallest absolute Gasteiger partial charge is 0.358 e. The van der Waals surface area contributed by atoms with E-state index in [4.69, 9.17) is 43.4 Å². The number of carbonyl (C=O) groups is 8. The number of pyridine rings is 1. The van der Waals surface area contributed by atoms with E-state index in [0.717, 1.165) is 56.7 Å². The molecule has 10 unspecified atom stereocenters. The molecule has 31 nitrogen and oxygen atoms in total. The minimum atomic E-state index is -1.92. The molecule has 0 saturated carbocycles. The van der Waals surface area contributed by atoms with Gasteiger partial charge in [-0.3, -0.25) is 28.8 Å². The molecule has 4 aliphatic rings. The van der Waals surface area contributed by atoms with Gasteiger partial charge in [0.1, 0.15) is 120 Å². The Morgan fingerprint density at radius 2 is 1.50 bits per heavy atom. The number of thiazole rings is 5. The summed E-state index contributed by atoms with van der Waals surface area (Å²) in [6.45, 7) is 9.05. The number of hydrogen-bond donors (Lipinski definition) is 9. The Morgan fingerprint density at radius 1 is 0.837 bits per heavy atom. The van der Waals surface area contributed by atoms with Crippen molar-refractivity contribution in [2.45, 2.75) is 115 Å². The molecule has 0 aliphatic carbocycles. The van der Waals surface area contributed by atoms with Crippen LogP contribution in [-0.2, 0) is 56.0 Å². The quantitative estimate of drug-likeness (QED) is 0.0397. The molecule has 1 saturated heterocycles. The highest BCUT2D eigenvalue weighted by atomic mass is 32.1. The van der Waals surface area contributed by atoms with Crippen molar-refractivity contribution in [3.63, 3.8) is 0 Å². The van der Waals surface area contributed by atoms with Crippen LogP contribution in [0.2, 0.25) is 0 Å². The van der Waals surface area contributed by atoms with E-state index in [1.807, 2.05) is 0 Å². The largest absolute Gasteiger partial charge is 0.506 e. The molecule has 12 rings (SSSR count). The van der Waals surface area contributed by atoms with Gasteiger partial charge in [0.25, 0.3) is 23.6 Å². The van der Waals surface area contributed by atoms with Crippen molar-refractivity contribution >= 4 is 121 Å². The SMILES string of the molecule is C=C(NC(=O)c1csc(-c2nc3c(cc2O)-c2nc(cs2)C(=O)NC(C(C)O)C(=O)N/C(=C(\C)OC)c2nc(cs2)C(=O)NC2c4nc(cs4)C(=O)NC(COC(=O)c4c5c6c(cccc6n4O)COC(=O)C(OC4CC(C)(O)C(N(C)C)C(C)O4)C2OC5)c2nc-3cs2)n1)C(C)=O. The zero-order chi connectivity index (χ0) is 69.9. The van der Waals surface area contributed by atoms with E-state index in [1.165, 1.54) is 66.9 Å². The van der Waals surface area contributed by atoms with E-state index in [9.17, 15) is 44.5 Å². The molecule has 11 heterocycles. The van der Waals surface area contributed by atoms with Crippen molar-refractivity contribution in [3.05, 3.63) is 124 Å². The number of carbonyl (C=O) groups excluding carboxylic acids is 8. The summed E-state index contributed by atoms with van der Waals surface area (Å²) in [4.78, 5) is 144. The zero-order valence-electron chi connectivity index (χ0n) is 53.1. The summed E-state index contributed by atoms with van der Waals surface area (Å²) in [5, 5.41) is 67.7. The molecule has 9 N–H and O–H groups in total. The molecule has 0 radical (unpaired) electrons. The molecule has 12 bridgehead atoms. The first-order valence-electron chi connectivity index (χ1n) is 29.9. The number of methoxy groups -OCH3 is 1. The number of allylic oxidation sites excluding steroid dienone is 2. The van der Waals surface area contributed by atoms with E-state index in [2.05, 4.69) is 48.1 Å². The average Bonchev–Trinajstić information content (AvgIpc) is 1.57. The monoisotopic (exact) mass is 1440 g/mol. The van der Waals surface area contributed by atoms with Gasteiger partial charge in [0.15, 0.2) is 23.9 Å². The highest BCUT2D eigenvalue weighted by Gasteiger charge is 2.50. The van der Waals surface area contributed by atoms with Crippen molar-refractivity contribution in [3.8, 4) is 38.4 Å². The van der Waals surface area contributed by atoms with Gasteiger partial charge in [0.05, 0.1) is 48.8 Å². The fourth-order valence-corrected chi connectivity index (χ4v) is 15.9. The molecule has 5 amide bonds. The molecule has 0 spiro atoms. The minimum absolute atomic E-state index is 0.0130. The first-order valence-corrected chi connectivity index (χ1v) is 34.3. The first kappa shape index (κ1) is 68.6. The van der Waals surface area contributed by atoms with Crippen LogP contribution >= 0.6 is 56.7 Å². The van der Waals surface area contributed by atoms with Crippen molar-refractivity contribution in [1.29, 1.82) is 0 Å². The van der Waals surface area contributed by atoms with E-state index in [-0.39, 0.29) is 110 Å². The second-order valence-corrected chi connectivity index (χ2v) is 27.9. The molecule has 1 fully saturated rings. The van der Waals surface area contributed by atoms with Crippen LogP contribution in [0, 0.1) is 0 Å². The molecule has 4 aliphatic heterocycles. The summed E-state index contributed by atoms with van der Waals surface area (Å²) < 4.78 is 38.2. The fraction of sp³-hybridized carbons (Fsp3) is 0.355. The lowest BCUT2D eigenvalue weighted by molar-refractivity contribution is -0.280. The standard InChI is InChI=1S/C62H61N13O18S5/c1-23(24(2)76)63-50(79)33-20-97-58(68-33)44-38(78)13-29-43(70-44)32-18-95-56(65-32)31-17-91-60(84)46-30-16-89-47(48(93-39-14-62(6,86)49(74(7)8)27(5)92-39)61(85)90-15-28-11-10-12-37(40(28)30)75(46)87)45(59-69-34(21-98-59)51(80)64-31)73-53(82)36-22-96-57(67-36)42(26(4)88-9)72-54(83)41(25(3)77)71-52(81)35-19-94-55(29)66-35/h10-13,18-22,25,27,31,39,41,45,47-49,77-78,86-87H,1,14-17H2,2-9H3,(H,63,79)(H,64,80)(H,71,81)(H,72,83)(H,73,82)/b42-26+. The molecule has 36 heteroatoms. The van der Waals surface area contributed by atoms with E-state index in [0.29, 0.717) is 10.3 Å². The van der Waals surface area contributed by atoms with Gasteiger partial charge in [-0.2, -0.15) is 4.73 Å². The zero-order valence-corrected chi connectivity index (χ0v) is 57.1. The second-order valence-electron chi connectivity index (χ2n) is 23.5. The maximum absolute atomic E-state index is 15.2. The number of ketones is 1. The van der Waals surface area contributed by atoms with E-state index in [1.54, 1.807) is 45.0 Å². The Balaban J connectivity index is 1.04. The number of aromatic hydroxyl groups is 1. The molecule has 512 valence electrons. The van der Waals surface area contributed by atoms with Gasteiger partial charge >= 0.3 is 11.9 Å². The van der Waals surface area contributed by atoms with Gasteiger partial charge in [-0.1, -0.05) is 18.7 Å². The second kappa shape index (κ2) is 27.5. The molecule has 98 heavy (non-hydrogen) atoms. The van der Waals surface area contributed by atoms with Gasteiger partial charge in [-0.15, -0.1) is 56.7 Å². The maximum Gasteiger partial charge on any atom is 0.358 e. The molecule has 10 atom stereocenters. The average molecular weight is 1440 g/mol. The van der Waals surface area contributed by atoms with E-state index < -0.39 is 139 Å². The predicted octanol–water partition coefficient (Wildman–Crippen LogP) is 5.00. The predicted molar refractivity (Wildman–Crippen MR) is 352 cm³/mol. The van der Waals surface area contributed by atoms with Crippen LogP contribution < -0.4 is 26.6 Å². The van der Waals surface area contributed by atoms with Crippen LogP contribution in [0.5, 0.6) is 5.75 Å². The number of benzene rings is 1. The van der Waals surface area contributed by atoms with Crippen molar-refractivity contribution in [2.24, 2.45) is 0 Å². The van der Waals surface area contributed by atoms with Crippen LogP contribution in [0.4, 0.5) is 0 Å². The lowest BCUT2D eigenvalue weighted by atomic mass is 9.85. The lowest BCUT2D eigenvalue weighted by Gasteiger charge is -2.48. The number of cyclic esters (lactones) is 2. The van der Waals surface area contributed by atoms with E-state index >= 15 is 14.4 Å². The minimum Gasteiger partial charge on any atom is -0.506 e. The number of fused-ring (bicyclic) bond motifs is 15. The van der Waals surface area contributed by atoms with Gasteiger partial charge in [-0.25, -0.2) is 39.5 Å². The number of amides is 5. The normalized spacial score (nSPS) is 24.0. The Morgan fingerprint density at radius 3 is 2.21 bits per heavy atom. The first-order chi connectivity index (χ1) is 46.7. The summed E-state index contributed by atoms with van der Waals surface area (Å²) in [7, 11) is 4.84. The summed E-state index contributed by atoms with van der Waals surface area (Å²) in [5.74, 6) is -7.64. The number of aliphatic hydroxyl groups excluding tert-OH is 1. The van der Waals surface area contributed by atoms with Crippen molar-refractivity contribution < 1.29 is 87.3 Å². The number of Topliss-reactive ketones (excluding diaryl/α,β-unsaturated/α-hetero) is 1. The van der Waals surface area contributed by atoms with Gasteiger partial charge in [-0.05, 0) is 59.5 Å². The Kier molecular flexibility index (Phi) is 19.3. The van der Waals surface area contributed by atoms with Crippen LogP contribution in [0.25, 0.3) is 49.3 Å². The molecule has 8 aromatic rings. The highest BCUT2D eigenvalue weighted by Crippen LogP contribution is 2.43. The molecular weight excluding hydrogens is 1380 g/mol. The molecular formula is C62H61N13O18S5. The Bertz CT molecular complexity index is 4600. The third-order valence-corrected chi connectivity index (χ3v) is 20.9. The third kappa shape index (κ3) is 13.4. The topological polar surface area (TPSA) is 419 Å². The number of rotatable bonds is 9.